The van der Waals surface area contributed by atoms with Crippen LogP contribution in [0.5, 0.6) is 17.2 Å². The van der Waals surface area contributed by atoms with Crippen LogP contribution in [-0.2, 0) is 9.59 Å². The molecule has 3 amide bonds. The van der Waals surface area contributed by atoms with Crippen LogP contribution in [0.1, 0.15) is 16.1 Å². The van der Waals surface area contributed by atoms with Gasteiger partial charge >= 0.3 is 0 Å². The second kappa shape index (κ2) is 10.7. The molecule has 12 heteroatoms. The second-order valence-electron chi connectivity index (χ2n) is 8.76. The smallest absolute Gasteiger partial charge is 0.264 e. The third-order valence-electron chi connectivity index (χ3n) is 6.03. The number of hydrogen-bond donors (Lipinski definition) is 2. The van der Waals surface area contributed by atoms with Crippen LogP contribution in [0.2, 0.25) is 0 Å². The molecule has 2 aromatic carbocycles. The summed E-state index contributed by atoms with van der Waals surface area (Å²) >= 11 is 1.16. The summed E-state index contributed by atoms with van der Waals surface area (Å²) in [5.41, 5.74) is 6.20. The van der Waals surface area contributed by atoms with Crippen molar-refractivity contribution in [2.45, 2.75) is 12.5 Å². The number of primary amides is 1. The van der Waals surface area contributed by atoms with Crippen molar-refractivity contribution < 1.29 is 33.4 Å². The number of fused-ring (bicyclic) bond motifs is 1. The Morgan fingerprint density at radius 3 is 2.59 bits per heavy atom. The van der Waals surface area contributed by atoms with Crippen LogP contribution in [0.4, 0.5) is 15.8 Å². The SMILES string of the molecule is COc1ccccc1N(C(=O)CC(N)=O)c1ccc(Oc2ccnc3cc(C(=O)N4CC(O)C4)sc23)c(F)c1. The fourth-order valence-corrected chi connectivity index (χ4v) is 5.20. The van der Waals surface area contributed by atoms with E-state index in [2.05, 4.69) is 4.98 Å². The van der Waals surface area contributed by atoms with Gasteiger partial charge in [-0.1, -0.05) is 12.1 Å². The quantitative estimate of drug-likeness (QED) is 0.320. The topological polar surface area (TPSA) is 135 Å². The van der Waals surface area contributed by atoms with E-state index < -0.39 is 30.2 Å². The number of methoxy groups -OCH3 is 1. The molecule has 10 nitrogen and oxygen atoms in total. The Labute approximate surface area is 226 Å². The number of aromatic nitrogens is 1. The Morgan fingerprint density at radius 2 is 1.90 bits per heavy atom. The molecule has 1 aliphatic rings. The van der Waals surface area contributed by atoms with Gasteiger partial charge in [0.2, 0.25) is 11.8 Å². The molecule has 3 heterocycles. The van der Waals surface area contributed by atoms with Gasteiger partial charge in [-0.3, -0.25) is 24.3 Å². The van der Waals surface area contributed by atoms with Gasteiger partial charge < -0.3 is 25.2 Å². The van der Waals surface area contributed by atoms with Crippen molar-refractivity contribution in [3.05, 3.63) is 71.5 Å². The maximum Gasteiger partial charge on any atom is 0.264 e. The largest absolute Gasteiger partial charge is 0.495 e. The molecule has 5 rings (SSSR count). The van der Waals surface area contributed by atoms with Crippen molar-refractivity contribution in [3.63, 3.8) is 0 Å². The van der Waals surface area contributed by atoms with E-state index in [1.807, 2.05) is 0 Å². The average molecular weight is 551 g/mol. The van der Waals surface area contributed by atoms with E-state index in [1.54, 1.807) is 36.4 Å². The zero-order valence-electron chi connectivity index (χ0n) is 20.7. The van der Waals surface area contributed by atoms with Crippen LogP contribution in [-0.4, -0.2) is 59.0 Å². The van der Waals surface area contributed by atoms with Crippen molar-refractivity contribution in [1.29, 1.82) is 0 Å². The van der Waals surface area contributed by atoms with Crippen LogP contribution in [0, 0.1) is 5.82 Å². The number of likely N-dealkylation sites (tertiary alicyclic amines) is 1. The molecular formula is C27H23FN4O6S. The molecule has 0 saturated carbocycles. The van der Waals surface area contributed by atoms with Gasteiger partial charge in [0, 0.05) is 31.4 Å². The van der Waals surface area contributed by atoms with E-state index >= 15 is 4.39 Å². The number of rotatable bonds is 8. The zero-order valence-corrected chi connectivity index (χ0v) is 21.5. The number of ether oxygens (including phenoxy) is 2. The van der Waals surface area contributed by atoms with E-state index in [1.165, 1.54) is 30.3 Å². The number of carbonyl (C=O) groups is 3. The molecule has 0 atom stereocenters. The molecule has 1 saturated heterocycles. The monoisotopic (exact) mass is 550 g/mol. The Hall–Kier alpha value is -4.55. The number of benzene rings is 2. The number of para-hydroxylation sites is 2. The van der Waals surface area contributed by atoms with Gasteiger partial charge in [0.25, 0.3) is 5.91 Å². The van der Waals surface area contributed by atoms with E-state index in [-0.39, 0.29) is 30.4 Å². The summed E-state index contributed by atoms with van der Waals surface area (Å²) in [7, 11) is 1.43. The molecule has 39 heavy (non-hydrogen) atoms. The number of β-amino-alcohol motifs (C(OH)–C–C–N with tert-alkyl or cyclic N) is 1. The lowest BCUT2D eigenvalue weighted by molar-refractivity contribution is -0.125. The number of anilines is 2. The first-order valence-corrected chi connectivity index (χ1v) is 12.6. The molecule has 0 spiro atoms. The number of aliphatic hydroxyl groups excluding tert-OH is 1. The molecule has 3 N–H and O–H groups in total. The predicted molar refractivity (Wildman–Crippen MR) is 142 cm³/mol. The third-order valence-corrected chi connectivity index (χ3v) is 7.16. The maximum absolute atomic E-state index is 15.4. The first-order valence-electron chi connectivity index (χ1n) is 11.8. The summed E-state index contributed by atoms with van der Waals surface area (Å²) in [5, 5.41) is 9.49. The average Bonchev–Trinajstić information content (AvgIpc) is 3.33. The Morgan fingerprint density at radius 1 is 1.13 bits per heavy atom. The first kappa shape index (κ1) is 26.1. The molecule has 0 bridgehead atoms. The third kappa shape index (κ3) is 5.24. The molecular weight excluding hydrogens is 527 g/mol. The van der Waals surface area contributed by atoms with Gasteiger partial charge in [0.05, 0.1) is 39.7 Å². The number of hydrogen-bond acceptors (Lipinski definition) is 8. The first-order chi connectivity index (χ1) is 18.7. The highest BCUT2D eigenvalue weighted by Gasteiger charge is 2.31. The van der Waals surface area contributed by atoms with Crippen molar-refractivity contribution >= 4 is 50.6 Å². The van der Waals surface area contributed by atoms with Gasteiger partial charge in [-0.2, -0.15) is 0 Å². The standard InChI is InChI=1S/C27H23FN4O6S/c1-37-21-5-3-2-4-19(21)32(25(35)12-24(29)34)15-6-7-20(17(28)10-15)38-22-8-9-30-18-11-23(39-26(18)22)27(36)31-13-16(33)14-31/h2-11,16,33H,12-14H2,1H3,(H2,29,34). The summed E-state index contributed by atoms with van der Waals surface area (Å²) in [5.74, 6) is -1.98. The fraction of sp³-hybridized carbons (Fsp3) is 0.185. The number of aliphatic hydroxyl groups is 1. The van der Waals surface area contributed by atoms with Crippen LogP contribution < -0.4 is 20.1 Å². The minimum Gasteiger partial charge on any atom is -0.495 e. The van der Waals surface area contributed by atoms with Gasteiger partial charge in [0.1, 0.15) is 17.9 Å². The lowest BCUT2D eigenvalue weighted by Crippen LogP contribution is -2.53. The van der Waals surface area contributed by atoms with E-state index in [4.69, 9.17) is 15.2 Å². The van der Waals surface area contributed by atoms with Crippen LogP contribution in [0.15, 0.2) is 60.8 Å². The summed E-state index contributed by atoms with van der Waals surface area (Å²) in [6.45, 7) is 0.546. The number of thiophene rings is 1. The van der Waals surface area contributed by atoms with Gasteiger partial charge in [-0.25, -0.2) is 4.39 Å². The van der Waals surface area contributed by atoms with Crippen LogP contribution >= 0.6 is 11.3 Å². The molecule has 200 valence electrons. The van der Waals surface area contributed by atoms with Crippen molar-refractivity contribution in [1.82, 2.24) is 9.88 Å². The summed E-state index contributed by atoms with van der Waals surface area (Å²) < 4.78 is 27.1. The Kier molecular flexibility index (Phi) is 7.13. The molecule has 0 unspecified atom stereocenters. The van der Waals surface area contributed by atoms with E-state index in [9.17, 15) is 19.5 Å². The number of nitrogens with two attached hydrogens (primary N) is 1. The predicted octanol–water partition coefficient (Wildman–Crippen LogP) is 3.59. The maximum atomic E-state index is 15.4. The van der Waals surface area contributed by atoms with Crippen LogP contribution in [0.3, 0.4) is 0 Å². The number of pyridine rings is 1. The van der Waals surface area contributed by atoms with Crippen molar-refractivity contribution in [2.75, 3.05) is 25.1 Å². The summed E-state index contributed by atoms with van der Waals surface area (Å²) in [4.78, 5) is 44.5. The second-order valence-corrected chi connectivity index (χ2v) is 9.81. The van der Waals surface area contributed by atoms with Crippen molar-refractivity contribution in [3.8, 4) is 17.2 Å². The molecule has 1 aliphatic heterocycles. The van der Waals surface area contributed by atoms with E-state index in [0.29, 0.717) is 32.3 Å². The summed E-state index contributed by atoms with van der Waals surface area (Å²) in [6.07, 6.45) is 0.378. The van der Waals surface area contributed by atoms with Gasteiger partial charge in [-0.05, 0) is 30.3 Å². The lowest BCUT2D eigenvalue weighted by atomic mass is 10.1. The zero-order chi connectivity index (χ0) is 27.7. The molecule has 1 fully saturated rings. The highest BCUT2D eigenvalue weighted by atomic mass is 32.1. The number of carbonyl (C=O) groups excluding carboxylic acids is 3. The minimum absolute atomic E-state index is 0.124. The summed E-state index contributed by atoms with van der Waals surface area (Å²) in [6, 6.07) is 13.8. The molecule has 2 aromatic heterocycles. The fourth-order valence-electron chi connectivity index (χ4n) is 4.17. The van der Waals surface area contributed by atoms with E-state index in [0.717, 1.165) is 22.3 Å². The molecule has 0 radical (unpaired) electrons. The molecule has 0 aliphatic carbocycles. The normalized spacial score (nSPS) is 13.2. The van der Waals surface area contributed by atoms with Gasteiger partial charge in [0.15, 0.2) is 11.6 Å². The Bertz CT molecular complexity index is 1590. The van der Waals surface area contributed by atoms with Crippen LogP contribution in [0.25, 0.3) is 10.2 Å². The lowest BCUT2D eigenvalue weighted by Gasteiger charge is -2.35. The Balaban J connectivity index is 1.46. The van der Waals surface area contributed by atoms with Gasteiger partial charge in [-0.15, -0.1) is 11.3 Å². The molecule has 4 aromatic rings. The minimum atomic E-state index is -0.832. The number of nitrogens with zero attached hydrogens (tertiary/aromatic N) is 3. The highest BCUT2D eigenvalue weighted by Crippen LogP contribution is 2.39. The van der Waals surface area contributed by atoms with Crippen molar-refractivity contribution in [2.24, 2.45) is 5.73 Å². The highest BCUT2D eigenvalue weighted by molar-refractivity contribution is 7.21. The number of amides is 3. The number of halogens is 1.